The molecule has 124 valence electrons. The van der Waals surface area contributed by atoms with Gasteiger partial charge in [-0.15, -0.1) is 12.4 Å². The molecule has 0 heterocycles. The highest BCUT2D eigenvalue weighted by molar-refractivity contribution is 5.94. The number of hydrogen-bond acceptors (Lipinski definition) is 5. The Kier molecular flexibility index (Phi) is 8.97. The second-order valence-corrected chi connectivity index (χ2v) is 4.52. The van der Waals surface area contributed by atoms with Crippen LogP contribution < -0.4 is 25.8 Å². The SMILES string of the molecule is CNC(C)CNC(=O)c1ccc(OCC(N)=O)c(OC)c1.Cl. The molecule has 0 aromatic heterocycles. The second kappa shape index (κ2) is 9.86. The van der Waals surface area contributed by atoms with E-state index in [1.807, 2.05) is 14.0 Å². The molecule has 0 bridgehead atoms. The summed E-state index contributed by atoms with van der Waals surface area (Å²) in [5.74, 6) is -0.0706. The van der Waals surface area contributed by atoms with Crippen molar-refractivity contribution < 1.29 is 19.1 Å². The van der Waals surface area contributed by atoms with E-state index in [2.05, 4.69) is 10.6 Å². The number of carbonyl (C=O) groups excluding carboxylic acids is 2. The molecule has 8 heteroatoms. The first-order valence-electron chi connectivity index (χ1n) is 6.52. The lowest BCUT2D eigenvalue weighted by Gasteiger charge is -2.13. The number of hydrogen-bond donors (Lipinski definition) is 3. The van der Waals surface area contributed by atoms with Crippen LogP contribution in [0.15, 0.2) is 18.2 Å². The lowest BCUT2D eigenvalue weighted by molar-refractivity contribution is -0.119. The zero-order valence-corrected chi connectivity index (χ0v) is 13.7. The van der Waals surface area contributed by atoms with Crippen LogP contribution in [-0.4, -0.2) is 45.2 Å². The molecule has 0 saturated carbocycles. The van der Waals surface area contributed by atoms with Gasteiger partial charge in [0, 0.05) is 18.2 Å². The summed E-state index contributed by atoms with van der Waals surface area (Å²) in [6.07, 6.45) is 0. The molecule has 0 saturated heterocycles. The van der Waals surface area contributed by atoms with Gasteiger partial charge < -0.3 is 25.8 Å². The third-order valence-corrected chi connectivity index (χ3v) is 2.86. The van der Waals surface area contributed by atoms with Crippen LogP contribution in [0.2, 0.25) is 0 Å². The van der Waals surface area contributed by atoms with Gasteiger partial charge in [-0.2, -0.15) is 0 Å². The van der Waals surface area contributed by atoms with Crippen LogP contribution in [0, 0.1) is 0 Å². The third kappa shape index (κ3) is 6.19. The van der Waals surface area contributed by atoms with Crippen LogP contribution in [0.25, 0.3) is 0 Å². The van der Waals surface area contributed by atoms with Gasteiger partial charge >= 0.3 is 0 Å². The van der Waals surface area contributed by atoms with Gasteiger partial charge in [0.25, 0.3) is 11.8 Å². The first kappa shape index (κ1) is 20.0. The van der Waals surface area contributed by atoms with Crippen molar-refractivity contribution in [1.82, 2.24) is 10.6 Å². The molecule has 0 aliphatic heterocycles. The van der Waals surface area contributed by atoms with E-state index in [1.54, 1.807) is 18.2 Å². The molecule has 1 aromatic rings. The van der Waals surface area contributed by atoms with Gasteiger partial charge in [-0.25, -0.2) is 0 Å². The van der Waals surface area contributed by atoms with Crippen molar-refractivity contribution in [3.05, 3.63) is 23.8 Å². The van der Waals surface area contributed by atoms with Gasteiger partial charge in [-0.05, 0) is 32.2 Å². The molecule has 0 aliphatic rings. The average Bonchev–Trinajstić information content (AvgIpc) is 2.49. The molecule has 7 nitrogen and oxygen atoms in total. The van der Waals surface area contributed by atoms with E-state index in [-0.39, 0.29) is 31.0 Å². The fourth-order valence-corrected chi connectivity index (χ4v) is 1.53. The highest BCUT2D eigenvalue weighted by Gasteiger charge is 2.12. The summed E-state index contributed by atoms with van der Waals surface area (Å²) in [6, 6.07) is 4.89. The Balaban J connectivity index is 0.00000441. The van der Waals surface area contributed by atoms with Crippen molar-refractivity contribution in [3.8, 4) is 11.5 Å². The van der Waals surface area contributed by atoms with Crippen molar-refractivity contribution in [2.45, 2.75) is 13.0 Å². The number of methoxy groups -OCH3 is 1. The van der Waals surface area contributed by atoms with Gasteiger partial charge in [0.05, 0.1) is 7.11 Å². The number of ether oxygens (including phenoxy) is 2. The Hall–Kier alpha value is -1.99. The van der Waals surface area contributed by atoms with Crippen molar-refractivity contribution in [2.24, 2.45) is 5.73 Å². The van der Waals surface area contributed by atoms with Gasteiger partial charge in [0.1, 0.15) is 0 Å². The minimum atomic E-state index is -0.583. The van der Waals surface area contributed by atoms with E-state index >= 15 is 0 Å². The smallest absolute Gasteiger partial charge is 0.255 e. The molecule has 0 fully saturated rings. The summed E-state index contributed by atoms with van der Waals surface area (Å²) in [4.78, 5) is 22.7. The molecule has 22 heavy (non-hydrogen) atoms. The normalized spacial score (nSPS) is 11.0. The minimum Gasteiger partial charge on any atom is -0.493 e. The van der Waals surface area contributed by atoms with Crippen molar-refractivity contribution in [1.29, 1.82) is 0 Å². The molecule has 1 aromatic carbocycles. The molecule has 0 aliphatic carbocycles. The number of likely N-dealkylation sites (N-methyl/N-ethyl adjacent to an activating group) is 1. The Morgan fingerprint density at radius 3 is 2.55 bits per heavy atom. The number of carbonyl (C=O) groups is 2. The number of primary amides is 1. The largest absolute Gasteiger partial charge is 0.493 e. The molecule has 0 spiro atoms. The highest BCUT2D eigenvalue weighted by Crippen LogP contribution is 2.27. The van der Waals surface area contributed by atoms with E-state index in [9.17, 15) is 9.59 Å². The fraction of sp³-hybridized carbons (Fsp3) is 0.429. The molecule has 0 radical (unpaired) electrons. The summed E-state index contributed by atoms with van der Waals surface area (Å²) in [5.41, 5.74) is 5.46. The zero-order chi connectivity index (χ0) is 15.8. The number of nitrogens with one attached hydrogen (secondary N) is 2. The molecule has 1 atom stereocenters. The number of rotatable bonds is 8. The van der Waals surface area contributed by atoms with Crippen LogP contribution in [0.3, 0.4) is 0 Å². The number of amides is 2. The van der Waals surface area contributed by atoms with Crippen molar-refractivity contribution in [2.75, 3.05) is 27.3 Å². The van der Waals surface area contributed by atoms with Gasteiger partial charge in [-0.1, -0.05) is 0 Å². The van der Waals surface area contributed by atoms with Crippen LogP contribution in [-0.2, 0) is 4.79 Å². The van der Waals surface area contributed by atoms with Crippen LogP contribution >= 0.6 is 12.4 Å². The minimum absolute atomic E-state index is 0. The van der Waals surface area contributed by atoms with E-state index in [4.69, 9.17) is 15.2 Å². The van der Waals surface area contributed by atoms with E-state index in [0.717, 1.165) is 0 Å². The molecular weight excluding hydrogens is 310 g/mol. The second-order valence-electron chi connectivity index (χ2n) is 4.52. The summed E-state index contributed by atoms with van der Waals surface area (Å²) in [5, 5.41) is 5.83. The lowest BCUT2D eigenvalue weighted by Crippen LogP contribution is -2.37. The van der Waals surface area contributed by atoms with E-state index in [1.165, 1.54) is 7.11 Å². The maximum absolute atomic E-state index is 12.0. The summed E-state index contributed by atoms with van der Waals surface area (Å²) >= 11 is 0. The Labute approximate surface area is 135 Å². The summed E-state index contributed by atoms with van der Waals surface area (Å²) in [6.45, 7) is 2.22. The number of benzene rings is 1. The summed E-state index contributed by atoms with van der Waals surface area (Å²) in [7, 11) is 3.28. The Bertz CT molecular complexity index is 511. The van der Waals surface area contributed by atoms with Crippen LogP contribution in [0.4, 0.5) is 0 Å². The predicted molar refractivity (Wildman–Crippen MR) is 85.8 cm³/mol. The van der Waals surface area contributed by atoms with E-state index < -0.39 is 5.91 Å². The third-order valence-electron chi connectivity index (χ3n) is 2.86. The molecule has 1 unspecified atom stereocenters. The van der Waals surface area contributed by atoms with Gasteiger partial charge in [0.2, 0.25) is 0 Å². The first-order valence-corrected chi connectivity index (χ1v) is 6.52. The first-order chi connectivity index (χ1) is 9.97. The number of halogens is 1. The topological polar surface area (TPSA) is 103 Å². The summed E-state index contributed by atoms with van der Waals surface area (Å²) < 4.78 is 10.3. The quantitative estimate of drug-likeness (QED) is 0.636. The van der Waals surface area contributed by atoms with Crippen LogP contribution in [0.5, 0.6) is 11.5 Å². The van der Waals surface area contributed by atoms with Gasteiger partial charge in [0.15, 0.2) is 18.1 Å². The standard InChI is InChI=1S/C14H21N3O4.ClH/c1-9(16-2)7-17-14(19)10-4-5-11(12(6-10)20-3)21-8-13(15)18;/h4-6,9,16H,7-8H2,1-3H3,(H2,15,18)(H,17,19);1H. The average molecular weight is 332 g/mol. The van der Waals surface area contributed by atoms with Crippen molar-refractivity contribution >= 4 is 24.2 Å². The fourth-order valence-electron chi connectivity index (χ4n) is 1.53. The predicted octanol–water partition coefficient (Wildman–Crippen LogP) is 0.319. The highest BCUT2D eigenvalue weighted by atomic mass is 35.5. The van der Waals surface area contributed by atoms with Gasteiger partial charge in [-0.3, -0.25) is 9.59 Å². The number of nitrogens with two attached hydrogens (primary N) is 1. The lowest BCUT2D eigenvalue weighted by atomic mass is 10.2. The van der Waals surface area contributed by atoms with Crippen LogP contribution in [0.1, 0.15) is 17.3 Å². The molecule has 4 N–H and O–H groups in total. The van der Waals surface area contributed by atoms with E-state index in [0.29, 0.717) is 23.6 Å². The maximum Gasteiger partial charge on any atom is 0.255 e. The molecule has 1 rings (SSSR count). The molecule has 2 amide bonds. The van der Waals surface area contributed by atoms with Crippen molar-refractivity contribution in [3.63, 3.8) is 0 Å². The maximum atomic E-state index is 12.0. The molecular formula is C14H22ClN3O4. The Morgan fingerprint density at radius 1 is 1.32 bits per heavy atom. The zero-order valence-electron chi connectivity index (χ0n) is 12.8. The monoisotopic (exact) mass is 331 g/mol. The Morgan fingerprint density at radius 2 is 2.00 bits per heavy atom.